The molecule has 0 saturated carbocycles. The standard InChI is InChI=1S/C10H21NOSi/c1-7(2)9-8(3)11(10(9)12)13(4,5)6/h7-9H,1-6H3. The van der Waals surface area contributed by atoms with Crippen LogP contribution in [0.1, 0.15) is 20.8 Å². The van der Waals surface area contributed by atoms with Crippen molar-refractivity contribution >= 4 is 14.1 Å². The molecule has 3 heteroatoms. The molecule has 0 radical (unpaired) electrons. The molecule has 13 heavy (non-hydrogen) atoms. The monoisotopic (exact) mass is 199 g/mol. The Morgan fingerprint density at radius 1 is 1.31 bits per heavy atom. The third kappa shape index (κ3) is 1.66. The van der Waals surface area contributed by atoms with Gasteiger partial charge in [0.15, 0.2) is 8.24 Å². The molecule has 0 aliphatic carbocycles. The van der Waals surface area contributed by atoms with Crippen LogP contribution in [-0.2, 0) is 4.79 Å². The molecule has 1 rings (SSSR count). The second-order valence-electron chi connectivity index (χ2n) is 5.39. The number of carbonyl (C=O) groups excluding carboxylic acids is 1. The fraction of sp³-hybridized carbons (Fsp3) is 0.900. The lowest BCUT2D eigenvalue weighted by molar-refractivity contribution is -0.149. The third-order valence-electron chi connectivity index (χ3n) is 2.89. The van der Waals surface area contributed by atoms with Crippen LogP contribution in [0.15, 0.2) is 0 Å². The summed E-state index contributed by atoms with van der Waals surface area (Å²) in [6, 6.07) is 0.471. The molecule has 2 unspecified atom stereocenters. The highest BCUT2D eigenvalue weighted by molar-refractivity contribution is 6.76. The van der Waals surface area contributed by atoms with Gasteiger partial charge in [-0.2, -0.15) is 0 Å². The first-order chi connectivity index (χ1) is 5.76. The minimum Gasteiger partial charge on any atom is -0.366 e. The predicted octanol–water partition coefficient (Wildman–Crippen LogP) is 2.32. The molecule has 1 saturated heterocycles. The minimum atomic E-state index is -1.40. The number of carbonyl (C=O) groups is 1. The highest BCUT2D eigenvalue weighted by Gasteiger charge is 2.50. The maximum atomic E-state index is 11.8. The second kappa shape index (κ2) is 3.12. The molecular formula is C10H21NOSi. The molecule has 0 aromatic heterocycles. The average molecular weight is 199 g/mol. The molecular weight excluding hydrogens is 178 g/mol. The fourth-order valence-electron chi connectivity index (χ4n) is 2.43. The van der Waals surface area contributed by atoms with Crippen LogP contribution < -0.4 is 0 Å². The Bertz CT molecular complexity index is 219. The van der Waals surface area contributed by atoms with Crippen molar-refractivity contribution in [1.29, 1.82) is 0 Å². The Morgan fingerprint density at radius 2 is 1.77 bits per heavy atom. The van der Waals surface area contributed by atoms with Crippen molar-refractivity contribution < 1.29 is 4.79 Å². The summed E-state index contributed by atoms with van der Waals surface area (Å²) >= 11 is 0. The summed E-state index contributed by atoms with van der Waals surface area (Å²) in [5.41, 5.74) is 0. The average Bonchev–Trinajstić information content (AvgIpc) is 1.81. The number of hydrogen-bond acceptors (Lipinski definition) is 1. The van der Waals surface area contributed by atoms with Gasteiger partial charge >= 0.3 is 0 Å². The van der Waals surface area contributed by atoms with Gasteiger partial charge in [0.2, 0.25) is 5.91 Å². The van der Waals surface area contributed by atoms with Gasteiger partial charge in [0, 0.05) is 6.04 Å². The molecule has 0 spiro atoms. The smallest absolute Gasteiger partial charge is 0.220 e. The molecule has 0 N–H and O–H groups in total. The van der Waals surface area contributed by atoms with Crippen LogP contribution in [0.25, 0.3) is 0 Å². The molecule has 76 valence electrons. The first-order valence-corrected chi connectivity index (χ1v) is 8.54. The summed E-state index contributed by atoms with van der Waals surface area (Å²) < 4.78 is 2.14. The van der Waals surface area contributed by atoms with Crippen molar-refractivity contribution in [3.63, 3.8) is 0 Å². The number of rotatable bonds is 2. The SMILES string of the molecule is CC(C)C1C(=O)N([Si](C)(C)C)C1C. The Morgan fingerprint density at radius 3 is 2.00 bits per heavy atom. The first kappa shape index (κ1) is 10.8. The van der Waals surface area contributed by atoms with Crippen molar-refractivity contribution in [3.05, 3.63) is 0 Å². The van der Waals surface area contributed by atoms with Gasteiger partial charge in [-0.25, -0.2) is 0 Å². The van der Waals surface area contributed by atoms with Gasteiger partial charge in [-0.3, -0.25) is 4.79 Å². The largest absolute Gasteiger partial charge is 0.366 e. The zero-order chi connectivity index (χ0) is 10.4. The quantitative estimate of drug-likeness (QED) is 0.494. The lowest BCUT2D eigenvalue weighted by atomic mass is 9.82. The Hall–Kier alpha value is -0.313. The van der Waals surface area contributed by atoms with Crippen LogP contribution in [0.4, 0.5) is 0 Å². The molecule has 0 aromatic rings. The van der Waals surface area contributed by atoms with E-state index in [1.165, 1.54) is 0 Å². The summed E-state index contributed by atoms with van der Waals surface area (Å²) in [5.74, 6) is 1.17. The molecule has 1 amide bonds. The summed E-state index contributed by atoms with van der Waals surface area (Å²) in [6.45, 7) is 13.2. The van der Waals surface area contributed by atoms with Crippen LogP contribution >= 0.6 is 0 Å². The van der Waals surface area contributed by atoms with E-state index < -0.39 is 8.24 Å². The van der Waals surface area contributed by atoms with E-state index in [0.29, 0.717) is 17.9 Å². The van der Waals surface area contributed by atoms with Gasteiger partial charge in [-0.1, -0.05) is 33.5 Å². The van der Waals surface area contributed by atoms with E-state index in [4.69, 9.17) is 0 Å². The maximum Gasteiger partial charge on any atom is 0.220 e. The molecule has 1 fully saturated rings. The molecule has 0 bridgehead atoms. The van der Waals surface area contributed by atoms with Crippen LogP contribution in [0, 0.1) is 11.8 Å². The van der Waals surface area contributed by atoms with Crippen molar-refractivity contribution in [2.24, 2.45) is 11.8 Å². The van der Waals surface area contributed by atoms with Crippen molar-refractivity contribution in [3.8, 4) is 0 Å². The normalized spacial score (nSPS) is 29.5. The van der Waals surface area contributed by atoms with Gasteiger partial charge in [0.25, 0.3) is 0 Å². The summed E-state index contributed by atoms with van der Waals surface area (Å²) in [4.78, 5) is 11.8. The number of amides is 1. The van der Waals surface area contributed by atoms with E-state index in [1.807, 2.05) is 0 Å². The summed E-state index contributed by atoms with van der Waals surface area (Å²) in [6.07, 6.45) is 0. The zero-order valence-electron chi connectivity index (χ0n) is 9.59. The summed E-state index contributed by atoms with van der Waals surface area (Å²) in [7, 11) is -1.40. The highest BCUT2D eigenvalue weighted by Crippen LogP contribution is 2.36. The summed E-state index contributed by atoms with van der Waals surface area (Å²) in [5, 5.41) is 0. The van der Waals surface area contributed by atoms with E-state index in [-0.39, 0.29) is 5.92 Å². The topological polar surface area (TPSA) is 20.3 Å². The number of nitrogens with zero attached hydrogens (tertiary/aromatic N) is 1. The van der Waals surface area contributed by atoms with E-state index >= 15 is 0 Å². The lowest BCUT2D eigenvalue weighted by Gasteiger charge is -2.53. The molecule has 1 heterocycles. The van der Waals surface area contributed by atoms with Gasteiger partial charge in [0.1, 0.15) is 0 Å². The molecule has 2 atom stereocenters. The van der Waals surface area contributed by atoms with E-state index in [9.17, 15) is 4.79 Å². The van der Waals surface area contributed by atoms with Crippen LogP contribution in [0.3, 0.4) is 0 Å². The van der Waals surface area contributed by atoms with E-state index in [0.717, 1.165) is 0 Å². The molecule has 0 aromatic carbocycles. The Balaban J connectivity index is 2.73. The zero-order valence-corrected chi connectivity index (χ0v) is 10.6. The Labute approximate surface area is 82.4 Å². The van der Waals surface area contributed by atoms with Crippen LogP contribution in [0.5, 0.6) is 0 Å². The van der Waals surface area contributed by atoms with Crippen molar-refractivity contribution in [2.45, 2.75) is 46.5 Å². The molecule has 2 nitrogen and oxygen atoms in total. The van der Waals surface area contributed by atoms with Crippen molar-refractivity contribution in [2.75, 3.05) is 0 Å². The second-order valence-corrected chi connectivity index (χ2v) is 10.2. The lowest BCUT2D eigenvalue weighted by Crippen LogP contribution is -2.69. The Kier molecular flexibility index (Phi) is 2.58. The molecule has 1 aliphatic rings. The van der Waals surface area contributed by atoms with Crippen molar-refractivity contribution in [1.82, 2.24) is 4.57 Å². The maximum absolute atomic E-state index is 11.8. The van der Waals surface area contributed by atoms with Gasteiger partial charge in [0.05, 0.1) is 5.92 Å². The highest BCUT2D eigenvalue weighted by atomic mass is 28.3. The van der Waals surface area contributed by atoms with Gasteiger partial charge in [-0.15, -0.1) is 0 Å². The molecule has 1 aliphatic heterocycles. The fourth-order valence-corrected chi connectivity index (χ4v) is 4.62. The third-order valence-corrected chi connectivity index (χ3v) is 4.96. The van der Waals surface area contributed by atoms with Crippen LogP contribution in [0.2, 0.25) is 19.6 Å². The van der Waals surface area contributed by atoms with E-state index in [2.05, 4.69) is 45.0 Å². The first-order valence-electron chi connectivity index (χ1n) is 5.10. The van der Waals surface area contributed by atoms with Gasteiger partial charge < -0.3 is 4.57 Å². The van der Waals surface area contributed by atoms with E-state index in [1.54, 1.807) is 0 Å². The number of β-lactam (4-membered cyclic amide) rings is 1. The van der Waals surface area contributed by atoms with Crippen LogP contribution in [-0.4, -0.2) is 24.7 Å². The predicted molar refractivity (Wildman–Crippen MR) is 58.0 cm³/mol. The van der Waals surface area contributed by atoms with Gasteiger partial charge in [-0.05, 0) is 12.8 Å². The minimum absolute atomic E-state index is 0.284. The number of hydrogen-bond donors (Lipinski definition) is 0.